The molecule has 0 fully saturated rings. The maximum atomic E-state index is 14.7. The van der Waals surface area contributed by atoms with Crippen molar-refractivity contribution in [2.45, 2.75) is 30.9 Å². The fourth-order valence-electron chi connectivity index (χ4n) is 9.51. The molecule has 8 aromatic carbocycles. The second kappa shape index (κ2) is 16.9. The maximum Gasteiger partial charge on any atom is 0.417 e. The lowest BCUT2D eigenvalue weighted by Gasteiger charge is -2.20. The van der Waals surface area contributed by atoms with Gasteiger partial charge >= 0.3 is 30.9 Å². The summed E-state index contributed by atoms with van der Waals surface area (Å²) in [6, 6.07) is 32.0. The first-order valence-electron chi connectivity index (χ1n) is 21.6. The van der Waals surface area contributed by atoms with Crippen molar-refractivity contribution in [2.24, 2.45) is 0 Å². The number of rotatable bonds is 5. The zero-order valence-electron chi connectivity index (χ0n) is 36.9. The van der Waals surface area contributed by atoms with Crippen LogP contribution in [-0.4, -0.2) is 9.13 Å². The number of hydrogen-bond donors (Lipinski definition) is 0. The summed E-state index contributed by atoms with van der Waals surface area (Å²) in [4.78, 5) is 0. The fraction of sp³-hybridized carbons (Fsp3) is 0.0909. The van der Waals surface area contributed by atoms with Gasteiger partial charge in [0.15, 0.2) is 0 Å². The van der Waals surface area contributed by atoms with Crippen LogP contribution in [0.25, 0.3) is 88.4 Å². The number of nitriles is 2. The Morgan fingerprint density at radius 2 is 0.703 bits per heavy atom. The molecule has 0 aliphatic rings. The monoisotopic (exact) mass is 1030 g/mol. The number of halogens is 15. The van der Waals surface area contributed by atoms with Crippen LogP contribution in [0.4, 0.5) is 65.9 Å². The summed E-state index contributed by atoms with van der Waals surface area (Å²) >= 11 is 0. The van der Waals surface area contributed by atoms with Crippen molar-refractivity contribution in [3.8, 4) is 56.9 Å². The molecule has 370 valence electrons. The Hall–Kier alpha value is -8.71. The molecule has 0 spiro atoms. The predicted molar refractivity (Wildman–Crippen MR) is 246 cm³/mol. The van der Waals surface area contributed by atoms with E-state index in [-0.39, 0.29) is 62.4 Å². The molecule has 0 aliphatic carbocycles. The average molecular weight is 1030 g/mol. The van der Waals surface area contributed by atoms with Gasteiger partial charge in [-0.1, -0.05) is 78.9 Å². The molecule has 0 saturated carbocycles. The van der Waals surface area contributed by atoms with Gasteiger partial charge in [-0.3, -0.25) is 0 Å². The van der Waals surface area contributed by atoms with E-state index in [1.807, 2.05) is 0 Å². The number of benzene rings is 8. The summed E-state index contributed by atoms with van der Waals surface area (Å²) < 4.78 is 216. The molecule has 0 aliphatic heterocycles. The zero-order valence-corrected chi connectivity index (χ0v) is 36.9. The summed E-state index contributed by atoms with van der Waals surface area (Å²) in [5.74, 6) is 0. The van der Waals surface area contributed by atoms with E-state index in [0.717, 1.165) is 6.07 Å². The number of aromatic nitrogens is 2. The van der Waals surface area contributed by atoms with Crippen LogP contribution in [0.5, 0.6) is 0 Å². The van der Waals surface area contributed by atoms with Gasteiger partial charge in [0.25, 0.3) is 0 Å². The molecule has 2 heterocycles. The highest BCUT2D eigenvalue weighted by atomic mass is 19.4. The van der Waals surface area contributed by atoms with Gasteiger partial charge in [-0.2, -0.15) is 76.4 Å². The van der Waals surface area contributed by atoms with Crippen molar-refractivity contribution < 1.29 is 65.9 Å². The van der Waals surface area contributed by atoms with Crippen molar-refractivity contribution in [2.75, 3.05) is 0 Å². The van der Waals surface area contributed by atoms with Crippen LogP contribution < -0.4 is 0 Å². The lowest BCUT2D eigenvalue weighted by molar-refractivity contribution is -0.144. The second-order valence-corrected chi connectivity index (χ2v) is 17.1. The first kappa shape index (κ1) is 48.9. The summed E-state index contributed by atoms with van der Waals surface area (Å²) in [5, 5.41) is 23.3. The van der Waals surface area contributed by atoms with Crippen LogP contribution >= 0.6 is 0 Å². The summed E-state index contributed by atoms with van der Waals surface area (Å²) in [6.45, 7) is 0. The number of nitrogens with zero attached hydrogens (tertiary/aromatic N) is 4. The van der Waals surface area contributed by atoms with E-state index in [9.17, 15) is 76.4 Å². The van der Waals surface area contributed by atoms with Gasteiger partial charge in [0.2, 0.25) is 0 Å². The van der Waals surface area contributed by atoms with E-state index in [4.69, 9.17) is 0 Å². The van der Waals surface area contributed by atoms with Crippen molar-refractivity contribution >= 4 is 43.6 Å². The highest BCUT2D eigenvalue weighted by molar-refractivity contribution is 6.12. The van der Waals surface area contributed by atoms with E-state index < -0.39 is 75.4 Å². The molecule has 0 amide bonds. The van der Waals surface area contributed by atoms with Gasteiger partial charge < -0.3 is 9.13 Å². The summed E-state index contributed by atoms with van der Waals surface area (Å²) in [6.07, 6.45) is -25.8. The van der Waals surface area contributed by atoms with Crippen LogP contribution in [-0.2, 0) is 30.9 Å². The number of alkyl halides is 15. The molecule has 19 heteroatoms. The third-order valence-electron chi connectivity index (χ3n) is 12.7. The maximum absolute atomic E-state index is 14.7. The Bertz CT molecular complexity index is 3820. The zero-order chi connectivity index (χ0) is 53.0. The molecule has 0 radical (unpaired) electrons. The molecule has 0 N–H and O–H groups in total. The molecule has 2 aromatic heterocycles. The lowest BCUT2D eigenvalue weighted by atomic mass is 9.94. The van der Waals surface area contributed by atoms with E-state index >= 15 is 0 Å². The number of para-hydroxylation sites is 2. The largest absolute Gasteiger partial charge is 0.417 e. The van der Waals surface area contributed by atoms with Crippen molar-refractivity contribution in [3.63, 3.8) is 0 Å². The average Bonchev–Trinajstić information content (AvgIpc) is 3.86. The first-order chi connectivity index (χ1) is 34.8. The standard InChI is InChI=1S/C55H25F15N4/c56-51(57,58)32-11-16-35(31(19-32)26-71)30-22-49(73-45-7-3-1-5-38(45)40-14-9-28(20-47(40)73)36-17-12-33(52(59,60)61)24-43(36)54(65,66)67)42(27-72)50(23-30)74-46-8-4-2-6-39(46)41-15-10-29(21-48(41)74)37-18-13-34(53(62,63)64)25-44(37)55(68,69)70/h1-25H. The Kier molecular flexibility index (Phi) is 11.2. The number of hydrogen-bond acceptors (Lipinski definition) is 2. The van der Waals surface area contributed by atoms with Crippen LogP contribution in [0.3, 0.4) is 0 Å². The summed E-state index contributed by atoms with van der Waals surface area (Å²) in [7, 11) is 0. The third kappa shape index (κ3) is 8.27. The van der Waals surface area contributed by atoms with Crippen molar-refractivity contribution in [3.05, 3.63) is 191 Å². The van der Waals surface area contributed by atoms with Gasteiger partial charge in [0.05, 0.1) is 72.9 Å². The van der Waals surface area contributed by atoms with Gasteiger partial charge in [0, 0.05) is 21.5 Å². The Morgan fingerprint density at radius 3 is 1.08 bits per heavy atom. The van der Waals surface area contributed by atoms with E-state index in [1.165, 1.54) is 57.7 Å². The number of fused-ring (bicyclic) bond motifs is 6. The minimum absolute atomic E-state index is 0.0198. The highest BCUT2D eigenvalue weighted by Crippen LogP contribution is 2.47. The smallest absolute Gasteiger partial charge is 0.308 e. The van der Waals surface area contributed by atoms with E-state index in [0.29, 0.717) is 69.0 Å². The fourth-order valence-corrected chi connectivity index (χ4v) is 9.51. The molecule has 0 atom stereocenters. The first-order valence-corrected chi connectivity index (χ1v) is 21.6. The minimum atomic E-state index is -5.29. The molecule has 4 nitrogen and oxygen atoms in total. The minimum Gasteiger partial charge on any atom is -0.308 e. The Balaban J connectivity index is 1.33. The predicted octanol–water partition coefficient (Wildman–Crippen LogP) is 17.7. The SMILES string of the molecule is N#Cc1cc(C(F)(F)F)ccc1-c1cc(-n2c3ccccc3c3ccc(-c4ccc(C(F)(F)F)cc4C(F)(F)F)cc32)c(C#N)c(-n2c3ccccc3c3ccc(-c4ccc(C(F)(F)F)cc4C(F)(F)F)cc32)c1. The van der Waals surface area contributed by atoms with E-state index in [1.54, 1.807) is 54.6 Å². The highest BCUT2D eigenvalue weighted by Gasteiger charge is 2.40. The molecule has 0 bridgehead atoms. The van der Waals surface area contributed by atoms with Gasteiger partial charge in [-0.15, -0.1) is 0 Å². The quantitative estimate of drug-likeness (QED) is 0.161. The van der Waals surface area contributed by atoms with Gasteiger partial charge in [-0.25, -0.2) is 0 Å². The summed E-state index contributed by atoms with van der Waals surface area (Å²) in [5.41, 5.74) is -9.64. The molecule has 0 saturated heterocycles. The molecular formula is C55H25F15N4. The van der Waals surface area contributed by atoms with Crippen molar-refractivity contribution in [1.82, 2.24) is 9.13 Å². The third-order valence-corrected chi connectivity index (χ3v) is 12.7. The Labute approximate surface area is 406 Å². The molecule has 0 unspecified atom stereocenters. The molecule has 74 heavy (non-hydrogen) atoms. The second-order valence-electron chi connectivity index (χ2n) is 17.1. The topological polar surface area (TPSA) is 57.4 Å². The van der Waals surface area contributed by atoms with Gasteiger partial charge in [-0.05, 0) is 106 Å². The van der Waals surface area contributed by atoms with Gasteiger partial charge in [0.1, 0.15) is 11.6 Å². The molecule has 10 rings (SSSR count). The van der Waals surface area contributed by atoms with Crippen LogP contribution in [0.1, 0.15) is 38.9 Å². The molecule has 10 aromatic rings. The van der Waals surface area contributed by atoms with Crippen molar-refractivity contribution in [1.29, 1.82) is 10.5 Å². The van der Waals surface area contributed by atoms with E-state index in [2.05, 4.69) is 6.07 Å². The molecular weight excluding hydrogens is 1000 g/mol. The van der Waals surface area contributed by atoms with Crippen LogP contribution in [0, 0.1) is 22.7 Å². The normalized spacial score (nSPS) is 12.8. The Morgan fingerprint density at radius 1 is 0.324 bits per heavy atom. The van der Waals surface area contributed by atoms with Crippen LogP contribution in [0.15, 0.2) is 152 Å². The lowest BCUT2D eigenvalue weighted by Crippen LogP contribution is -2.12. The van der Waals surface area contributed by atoms with Crippen LogP contribution in [0.2, 0.25) is 0 Å².